The number of rotatable bonds is 6. The molecule has 0 fully saturated rings. The number of carbonyl (C=O) groups is 2. The summed E-state index contributed by atoms with van der Waals surface area (Å²) in [5.74, 6) is -0.576. The van der Waals surface area contributed by atoms with Gasteiger partial charge in [-0.25, -0.2) is 0 Å². The van der Waals surface area contributed by atoms with Crippen molar-refractivity contribution in [1.82, 2.24) is 20.8 Å². The molecule has 22 heavy (non-hydrogen) atoms. The average Bonchev–Trinajstić information content (AvgIpc) is 2.90. The van der Waals surface area contributed by atoms with Crippen LogP contribution in [-0.4, -0.2) is 34.6 Å². The van der Waals surface area contributed by atoms with Gasteiger partial charge in [-0.3, -0.25) is 9.59 Å². The van der Waals surface area contributed by atoms with Crippen LogP contribution >= 0.6 is 11.3 Å². The highest BCUT2D eigenvalue weighted by atomic mass is 32.1. The lowest BCUT2D eigenvalue weighted by molar-refractivity contribution is -0.127. The van der Waals surface area contributed by atoms with Gasteiger partial charge in [0.15, 0.2) is 0 Å². The van der Waals surface area contributed by atoms with E-state index in [1.807, 2.05) is 13.8 Å². The predicted octanol–water partition coefficient (Wildman–Crippen LogP) is 0.551. The van der Waals surface area contributed by atoms with Gasteiger partial charge in [0.05, 0.1) is 19.1 Å². The topological polar surface area (TPSA) is 110 Å². The molecule has 8 heteroatoms. The minimum absolute atomic E-state index is 0.0280. The van der Waals surface area contributed by atoms with E-state index in [9.17, 15) is 9.59 Å². The molecule has 0 radical (unpaired) electrons. The van der Waals surface area contributed by atoms with Crippen molar-refractivity contribution in [3.05, 3.63) is 10.0 Å². The highest BCUT2D eigenvalue weighted by molar-refractivity contribution is 7.11. The first-order chi connectivity index (χ1) is 10.1. The van der Waals surface area contributed by atoms with Gasteiger partial charge >= 0.3 is 0 Å². The van der Waals surface area contributed by atoms with E-state index in [2.05, 4.69) is 41.6 Å². The highest BCUT2D eigenvalue weighted by Crippen LogP contribution is 2.25. The Bertz CT molecular complexity index is 522. The first-order valence-electron chi connectivity index (χ1n) is 7.24. The third-order valence-electron chi connectivity index (χ3n) is 2.99. The molecule has 1 heterocycles. The third-order valence-corrected chi connectivity index (χ3v) is 4.34. The molecule has 1 aromatic heterocycles. The normalized spacial score (nSPS) is 13.0. The standard InChI is InChI=1S/C14H25N5O2S/c1-8(2)11(15)12(21)17-6-9(20)16-7-10-18-19-13(22-10)14(3,4)5/h8,11H,6-7,15H2,1-5H3,(H,16,20)(H,17,21)/t11-/m0/s1. The molecule has 1 rings (SSSR count). The lowest BCUT2D eigenvalue weighted by Gasteiger charge is -2.15. The van der Waals surface area contributed by atoms with Crippen LogP contribution in [0.2, 0.25) is 0 Å². The van der Waals surface area contributed by atoms with Crippen molar-refractivity contribution in [3.63, 3.8) is 0 Å². The van der Waals surface area contributed by atoms with E-state index < -0.39 is 6.04 Å². The fourth-order valence-electron chi connectivity index (χ4n) is 1.45. The summed E-state index contributed by atoms with van der Waals surface area (Å²) in [5.41, 5.74) is 5.64. The van der Waals surface area contributed by atoms with Gasteiger partial charge in [-0.2, -0.15) is 0 Å². The zero-order valence-electron chi connectivity index (χ0n) is 13.8. The molecule has 1 atom stereocenters. The maximum atomic E-state index is 11.7. The zero-order valence-corrected chi connectivity index (χ0v) is 14.6. The Morgan fingerprint density at radius 3 is 2.36 bits per heavy atom. The minimum atomic E-state index is -0.606. The van der Waals surface area contributed by atoms with Gasteiger partial charge in [0.2, 0.25) is 11.8 Å². The molecule has 2 amide bonds. The first kappa shape index (κ1) is 18.5. The van der Waals surface area contributed by atoms with Crippen molar-refractivity contribution < 1.29 is 9.59 Å². The Labute approximate surface area is 135 Å². The molecule has 0 aliphatic carbocycles. The number of amides is 2. The quantitative estimate of drug-likeness (QED) is 0.707. The van der Waals surface area contributed by atoms with Gasteiger partial charge in [-0.1, -0.05) is 46.0 Å². The molecule has 0 bridgehead atoms. The molecular weight excluding hydrogens is 302 g/mol. The molecule has 7 nitrogen and oxygen atoms in total. The lowest BCUT2D eigenvalue weighted by atomic mass is 9.98. The van der Waals surface area contributed by atoms with Crippen LogP contribution in [-0.2, 0) is 21.5 Å². The number of nitrogens with zero attached hydrogens (tertiary/aromatic N) is 2. The largest absolute Gasteiger partial charge is 0.348 e. The minimum Gasteiger partial charge on any atom is -0.348 e. The summed E-state index contributed by atoms with van der Waals surface area (Å²) < 4.78 is 0. The fraction of sp³-hybridized carbons (Fsp3) is 0.714. The van der Waals surface area contributed by atoms with Crippen LogP contribution in [0.5, 0.6) is 0 Å². The van der Waals surface area contributed by atoms with E-state index in [0.29, 0.717) is 6.54 Å². The molecule has 0 aromatic carbocycles. The number of hydrogen-bond donors (Lipinski definition) is 3. The number of hydrogen-bond acceptors (Lipinski definition) is 6. The number of aromatic nitrogens is 2. The molecule has 0 unspecified atom stereocenters. The molecule has 0 saturated heterocycles. The van der Waals surface area contributed by atoms with Gasteiger partial charge in [-0.15, -0.1) is 10.2 Å². The van der Waals surface area contributed by atoms with E-state index in [0.717, 1.165) is 10.0 Å². The van der Waals surface area contributed by atoms with Crippen molar-refractivity contribution in [3.8, 4) is 0 Å². The van der Waals surface area contributed by atoms with E-state index in [-0.39, 0.29) is 29.7 Å². The van der Waals surface area contributed by atoms with Crippen LogP contribution in [0.15, 0.2) is 0 Å². The van der Waals surface area contributed by atoms with E-state index in [1.54, 1.807) is 0 Å². The summed E-state index contributed by atoms with van der Waals surface area (Å²) in [6, 6.07) is -0.606. The van der Waals surface area contributed by atoms with Gasteiger partial charge in [0.25, 0.3) is 0 Å². The molecule has 0 aliphatic rings. The Kier molecular flexibility index (Phi) is 6.43. The second kappa shape index (κ2) is 7.64. The molecule has 0 aliphatic heterocycles. The van der Waals surface area contributed by atoms with E-state index in [1.165, 1.54) is 11.3 Å². The molecule has 0 saturated carbocycles. The maximum Gasteiger partial charge on any atom is 0.239 e. The number of nitrogens with two attached hydrogens (primary N) is 1. The van der Waals surface area contributed by atoms with Crippen LogP contribution in [0, 0.1) is 5.92 Å². The summed E-state index contributed by atoms with van der Waals surface area (Å²) in [6.07, 6.45) is 0. The second-order valence-electron chi connectivity index (χ2n) is 6.52. The molecule has 124 valence electrons. The zero-order chi connectivity index (χ0) is 16.9. The van der Waals surface area contributed by atoms with Gasteiger partial charge < -0.3 is 16.4 Å². The van der Waals surface area contributed by atoms with Crippen molar-refractivity contribution in [2.45, 2.75) is 52.6 Å². The van der Waals surface area contributed by atoms with Crippen molar-refractivity contribution in [2.75, 3.05) is 6.54 Å². The maximum absolute atomic E-state index is 11.7. The van der Waals surface area contributed by atoms with E-state index >= 15 is 0 Å². The van der Waals surface area contributed by atoms with Crippen LogP contribution in [0.1, 0.15) is 44.6 Å². The fourth-order valence-corrected chi connectivity index (χ4v) is 2.29. The monoisotopic (exact) mass is 327 g/mol. The Morgan fingerprint density at radius 2 is 1.86 bits per heavy atom. The van der Waals surface area contributed by atoms with E-state index in [4.69, 9.17) is 5.73 Å². The second-order valence-corrected chi connectivity index (χ2v) is 7.58. The van der Waals surface area contributed by atoms with Crippen molar-refractivity contribution in [1.29, 1.82) is 0 Å². The Morgan fingerprint density at radius 1 is 1.23 bits per heavy atom. The molecule has 4 N–H and O–H groups in total. The molecule has 1 aromatic rings. The van der Waals surface area contributed by atoms with Crippen LogP contribution in [0.4, 0.5) is 0 Å². The van der Waals surface area contributed by atoms with Gasteiger partial charge in [0, 0.05) is 5.41 Å². The number of nitrogens with one attached hydrogen (secondary N) is 2. The van der Waals surface area contributed by atoms with Gasteiger partial charge in [0.1, 0.15) is 10.0 Å². The van der Waals surface area contributed by atoms with Crippen molar-refractivity contribution in [2.24, 2.45) is 11.7 Å². The summed E-state index contributed by atoms with van der Waals surface area (Å²) in [7, 11) is 0. The molecular formula is C14H25N5O2S. The Balaban J connectivity index is 2.38. The Hall–Kier alpha value is -1.54. The van der Waals surface area contributed by atoms with Crippen LogP contribution in [0.3, 0.4) is 0 Å². The predicted molar refractivity (Wildman–Crippen MR) is 86.3 cm³/mol. The van der Waals surface area contributed by atoms with Crippen LogP contribution < -0.4 is 16.4 Å². The summed E-state index contributed by atoms with van der Waals surface area (Å²) >= 11 is 1.47. The summed E-state index contributed by atoms with van der Waals surface area (Å²) in [5, 5.41) is 15.0. The highest BCUT2D eigenvalue weighted by Gasteiger charge is 2.20. The van der Waals surface area contributed by atoms with Crippen molar-refractivity contribution >= 4 is 23.2 Å². The number of carbonyl (C=O) groups excluding carboxylic acids is 2. The lowest BCUT2D eigenvalue weighted by Crippen LogP contribution is -2.47. The summed E-state index contributed by atoms with van der Waals surface area (Å²) in [6.45, 7) is 10.1. The van der Waals surface area contributed by atoms with Crippen LogP contribution in [0.25, 0.3) is 0 Å². The molecule has 0 spiro atoms. The van der Waals surface area contributed by atoms with Gasteiger partial charge in [-0.05, 0) is 5.92 Å². The average molecular weight is 327 g/mol. The first-order valence-corrected chi connectivity index (χ1v) is 8.05. The summed E-state index contributed by atoms with van der Waals surface area (Å²) in [4.78, 5) is 23.3. The smallest absolute Gasteiger partial charge is 0.239 e. The SMILES string of the molecule is CC(C)[C@H](N)C(=O)NCC(=O)NCc1nnc(C(C)(C)C)s1. The third kappa shape index (κ3) is 5.69.